The summed E-state index contributed by atoms with van der Waals surface area (Å²) in [5.41, 5.74) is 6.16. The van der Waals surface area contributed by atoms with Gasteiger partial charge >= 0.3 is 13.2 Å². The molecule has 1 aliphatic heterocycles. The topological polar surface area (TPSA) is 115 Å². The number of H-pyrrole nitrogens is 1. The van der Waals surface area contributed by atoms with E-state index in [4.69, 9.17) is 4.74 Å². The van der Waals surface area contributed by atoms with Crippen molar-refractivity contribution in [2.45, 2.75) is 58.0 Å². The Hall–Kier alpha value is -2.78. The van der Waals surface area contributed by atoms with Gasteiger partial charge in [-0.1, -0.05) is 38.1 Å². The van der Waals surface area contributed by atoms with Crippen LogP contribution in [0.2, 0.25) is 0 Å². The van der Waals surface area contributed by atoms with Gasteiger partial charge in [-0.05, 0) is 60.2 Å². The van der Waals surface area contributed by atoms with Crippen molar-refractivity contribution in [1.29, 1.82) is 0 Å². The van der Waals surface area contributed by atoms with Crippen LogP contribution in [0.15, 0.2) is 24.3 Å². The van der Waals surface area contributed by atoms with E-state index < -0.39 is 19.3 Å². The first-order valence-electron chi connectivity index (χ1n) is 11.7. The van der Waals surface area contributed by atoms with Gasteiger partial charge in [0.25, 0.3) is 0 Å². The average molecular weight is 453 g/mol. The Bertz CT molecular complexity index is 1020. The molecule has 176 valence electrons. The molecule has 1 saturated heterocycles. The molecule has 2 heterocycles. The fraction of sp³-hybridized carbons (Fsp3) is 0.500. The minimum Gasteiger partial charge on any atom is -0.453 e. The van der Waals surface area contributed by atoms with Crippen molar-refractivity contribution in [3.05, 3.63) is 41.1 Å². The van der Waals surface area contributed by atoms with E-state index in [0.717, 1.165) is 49.1 Å². The van der Waals surface area contributed by atoms with Crippen LogP contribution in [-0.4, -0.2) is 58.7 Å². The number of amides is 2. The summed E-state index contributed by atoms with van der Waals surface area (Å²) in [5.74, 6) is -0.148. The smallest absolute Gasteiger partial charge is 0.453 e. The number of benzene rings is 1. The highest BCUT2D eigenvalue weighted by atomic mass is 16.5. The minimum atomic E-state index is -1.49. The van der Waals surface area contributed by atoms with Gasteiger partial charge < -0.3 is 30.0 Å². The highest BCUT2D eigenvalue weighted by molar-refractivity contribution is 6.58. The van der Waals surface area contributed by atoms with Crippen LogP contribution in [0, 0.1) is 5.92 Å². The second kappa shape index (κ2) is 9.61. The van der Waals surface area contributed by atoms with Crippen molar-refractivity contribution in [1.82, 2.24) is 15.2 Å². The van der Waals surface area contributed by atoms with E-state index in [1.807, 2.05) is 30.9 Å². The van der Waals surface area contributed by atoms with Gasteiger partial charge in [0.15, 0.2) is 0 Å². The number of nitrogens with zero attached hydrogens (tertiary/aromatic N) is 1. The van der Waals surface area contributed by atoms with Gasteiger partial charge in [0, 0.05) is 17.9 Å². The van der Waals surface area contributed by atoms with Gasteiger partial charge in [-0.15, -0.1) is 0 Å². The first-order valence-corrected chi connectivity index (χ1v) is 11.7. The summed E-state index contributed by atoms with van der Waals surface area (Å²) in [6, 6.07) is 6.54. The molecule has 4 rings (SSSR count). The molecule has 1 unspecified atom stereocenters. The van der Waals surface area contributed by atoms with E-state index in [1.165, 1.54) is 18.2 Å². The lowest BCUT2D eigenvalue weighted by atomic mass is 9.80. The number of fused-ring (bicyclic) bond motifs is 1. The van der Waals surface area contributed by atoms with Gasteiger partial charge in [0.1, 0.15) is 6.04 Å². The summed E-state index contributed by atoms with van der Waals surface area (Å²) >= 11 is 0. The van der Waals surface area contributed by atoms with Crippen LogP contribution in [-0.2, 0) is 22.4 Å². The molecule has 0 spiro atoms. The molecule has 2 amide bonds. The maximum Gasteiger partial charge on any atom is 0.488 e. The van der Waals surface area contributed by atoms with Crippen LogP contribution >= 0.6 is 0 Å². The lowest BCUT2D eigenvalue weighted by Gasteiger charge is -2.31. The van der Waals surface area contributed by atoms with Crippen LogP contribution in [0.3, 0.4) is 0 Å². The highest BCUT2D eigenvalue weighted by Crippen LogP contribution is 2.42. The van der Waals surface area contributed by atoms with Gasteiger partial charge in [-0.3, -0.25) is 4.79 Å². The molecule has 2 aromatic rings. The van der Waals surface area contributed by atoms with Gasteiger partial charge in [-0.25, -0.2) is 4.79 Å². The average Bonchev–Trinajstić information content (AvgIpc) is 3.53. The summed E-state index contributed by atoms with van der Waals surface area (Å²) in [6.07, 6.45) is 4.21. The van der Waals surface area contributed by atoms with Crippen LogP contribution in [0.4, 0.5) is 4.79 Å². The number of hydrogen-bond donors (Lipinski definition) is 4. The molecule has 9 heteroatoms. The quantitative estimate of drug-likeness (QED) is 0.499. The number of rotatable bonds is 6. The molecule has 0 saturated carbocycles. The fourth-order valence-electron chi connectivity index (χ4n) is 5.16. The third kappa shape index (κ3) is 4.52. The normalized spacial score (nSPS) is 18.4. The molecular formula is C24H32BN3O5. The molecule has 0 bridgehead atoms. The molecule has 1 aliphatic carbocycles. The molecule has 2 atom stereocenters. The number of alkyl carbamates (subject to hydrolysis) is 1. The van der Waals surface area contributed by atoms with Crippen molar-refractivity contribution in [2.75, 3.05) is 13.7 Å². The maximum absolute atomic E-state index is 13.5. The molecule has 4 N–H and O–H groups in total. The van der Waals surface area contributed by atoms with Gasteiger partial charge in [0.2, 0.25) is 5.91 Å². The summed E-state index contributed by atoms with van der Waals surface area (Å²) in [7, 11) is -0.192. The molecule has 8 nitrogen and oxygen atoms in total. The van der Waals surface area contributed by atoms with Gasteiger partial charge in [0.05, 0.1) is 13.2 Å². The molecule has 0 radical (unpaired) electrons. The van der Waals surface area contributed by atoms with E-state index in [0.29, 0.717) is 12.0 Å². The van der Waals surface area contributed by atoms with E-state index >= 15 is 0 Å². The zero-order valence-electron chi connectivity index (χ0n) is 19.4. The fourth-order valence-corrected chi connectivity index (χ4v) is 5.16. The lowest BCUT2D eigenvalue weighted by molar-refractivity contribution is -0.135. The van der Waals surface area contributed by atoms with E-state index in [1.54, 1.807) is 12.1 Å². The molecule has 1 aromatic carbocycles. The second-order valence-electron chi connectivity index (χ2n) is 9.27. The Morgan fingerprint density at radius 1 is 1.15 bits per heavy atom. The summed E-state index contributed by atoms with van der Waals surface area (Å²) in [4.78, 5) is 30.9. The monoisotopic (exact) mass is 453 g/mol. The number of likely N-dealkylation sites (tertiary alicyclic amines) is 1. The molecule has 2 aliphatic rings. The first-order chi connectivity index (χ1) is 15.8. The minimum absolute atomic E-state index is 0.0580. The zero-order chi connectivity index (χ0) is 23.7. The Kier molecular flexibility index (Phi) is 6.81. The zero-order valence-corrected chi connectivity index (χ0v) is 19.4. The Balaban J connectivity index is 1.65. The molecule has 1 fully saturated rings. The van der Waals surface area contributed by atoms with Gasteiger partial charge in [-0.2, -0.15) is 0 Å². The Morgan fingerprint density at radius 2 is 1.85 bits per heavy atom. The third-order valence-electron chi connectivity index (χ3n) is 6.86. The van der Waals surface area contributed by atoms with E-state index in [9.17, 15) is 19.6 Å². The van der Waals surface area contributed by atoms with Crippen molar-refractivity contribution in [3.8, 4) is 11.3 Å². The second-order valence-corrected chi connectivity index (χ2v) is 9.27. The first kappa shape index (κ1) is 23.4. The Labute approximate surface area is 194 Å². The SMILES string of the molecule is COC(=O)N[C@H](C(=O)N1CCCC1c1[nH]c(-c2ccc(B(O)O)cc2)c2c1CCC2)C(C)C. The molecule has 1 aromatic heterocycles. The molecular weight excluding hydrogens is 421 g/mol. The maximum atomic E-state index is 13.5. The number of aromatic nitrogens is 1. The predicted octanol–water partition coefficient (Wildman–Crippen LogP) is 1.89. The van der Waals surface area contributed by atoms with E-state index in [2.05, 4.69) is 10.3 Å². The van der Waals surface area contributed by atoms with E-state index in [-0.39, 0.29) is 17.9 Å². The Morgan fingerprint density at radius 3 is 2.48 bits per heavy atom. The number of carbonyl (C=O) groups is 2. The predicted molar refractivity (Wildman–Crippen MR) is 126 cm³/mol. The summed E-state index contributed by atoms with van der Waals surface area (Å²) in [6.45, 7) is 4.49. The highest BCUT2D eigenvalue weighted by Gasteiger charge is 2.39. The van der Waals surface area contributed by atoms with Crippen molar-refractivity contribution >= 4 is 24.6 Å². The summed E-state index contributed by atoms with van der Waals surface area (Å²) in [5, 5.41) is 21.5. The van der Waals surface area contributed by atoms with Crippen LogP contribution in [0.1, 0.15) is 56.0 Å². The van der Waals surface area contributed by atoms with Crippen molar-refractivity contribution in [3.63, 3.8) is 0 Å². The van der Waals surface area contributed by atoms with Crippen molar-refractivity contribution in [2.24, 2.45) is 5.92 Å². The lowest BCUT2D eigenvalue weighted by Crippen LogP contribution is -2.51. The van der Waals surface area contributed by atoms with Crippen LogP contribution < -0.4 is 10.8 Å². The number of carbonyl (C=O) groups excluding carboxylic acids is 2. The third-order valence-corrected chi connectivity index (χ3v) is 6.86. The van der Waals surface area contributed by atoms with Crippen molar-refractivity contribution < 1.29 is 24.4 Å². The largest absolute Gasteiger partial charge is 0.488 e. The molecule has 33 heavy (non-hydrogen) atoms. The summed E-state index contributed by atoms with van der Waals surface area (Å²) < 4.78 is 4.73. The number of ether oxygens (including phenoxy) is 1. The van der Waals surface area contributed by atoms with Crippen LogP contribution in [0.5, 0.6) is 0 Å². The number of nitrogens with one attached hydrogen (secondary N) is 2. The number of aromatic amines is 1. The number of methoxy groups -OCH3 is 1. The standard InChI is InChI=1S/C24H32BN3O5/c1-14(2)20(27-24(30)33-3)23(29)28-13-5-8-19(28)22-18-7-4-6-17(18)21(26-22)15-9-11-16(12-10-15)25(31)32/h9-12,14,19-20,26,31-32H,4-8,13H2,1-3H3,(H,27,30)/t19?,20-/m0/s1. The van der Waals surface area contributed by atoms with Crippen LogP contribution in [0.25, 0.3) is 11.3 Å². The number of hydrogen-bond acceptors (Lipinski definition) is 5.